The molecule has 0 aliphatic carbocycles. The van der Waals surface area contributed by atoms with Crippen LogP contribution in [-0.4, -0.2) is 5.91 Å². The van der Waals surface area contributed by atoms with E-state index in [1.54, 1.807) is 36.4 Å². The van der Waals surface area contributed by atoms with E-state index in [1.807, 2.05) is 48.5 Å². The predicted molar refractivity (Wildman–Crippen MR) is 124 cm³/mol. The Labute approximate surface area is 187 Å². The molecule has 0 radical (unpaired) electrons. The van der Waals surface area contributed by atoms with E-state index in [4.69, 9.17) is 16.3 Å². The molecule has 1 N–H and O–H groups in total. The van der Waals surface area contributed by atoms with Crippen LogP contribution in [0.4, 0.5) is 5.69 Å². The van der Waals surface area contributed by atoms with Gasteiger partial charge in [0.05, 0.1) is 5.69 Å². The summed E-state index contributed by atoms with van der Waals surface area (Å²) in [5, 5.41) is 12.8. The first-order valence-corrected chi connectivity index (χ1v) is 10.2. The molecule has 0 bridgehead atoms. The van der Waals surface area contributed by atoms with E-state index in [0.717, 1.165) is 14.7 Å². The molecule has 0 aromatic heterocycles. The number of halogens is 2. The zero-order valence-corrected chi connectivity index (χ0v) is 18.1. The van der Waals surface area contributed by atoms with Crippen LogP contribution < -0.4 is 10.1 Å². The van der Waals surface area contributed by atoms with Gasteiger partial charge in [-0.1, -0.05) is 54.1 Å². The summed E-state index contributed by atoms with van der Waals surface area (Å²) in [6.45, 7) is 0.358. The number of rotatable bonds is 6. The lowest BCUT2D eigenvalue weighted by Crippen LogP contribution is -2.14. The van der Waals surface area contributed by atoms with Crippen LogP contribution in [0, 0.1) is 14.9 Å². The largest absolute Gasteiger partial charge is 0.489 e. The number of ether oxygens (including phenoxy) is 1. The second-order valence-electron chi connectivity index (χ2n) is 6.05. The van der Waals surface area contributed by atoms with E-state index in [1.165, 1.54) is 0 Å². The molecule has 0 saturated heterocycles. The summed E-state index contributed by atoms with van der Waals surface area (Å²) < 4.78 is 6.65. The van der Waals surface area contributed by atoms with E-state index in [0.29, 0.717) is 23.1 Å². The lowest BCUT2D eigenvalue weighted by atomic mass is 10.1. The average molecular weight is 515 g/mol. The van der Waals surface area contributed by atoms with Crippen LogP contribution in [0.1, 0.15) is 11.1 Å². The van der Waals surface area contributed by atoms with Gasteiger partial charge in [0.1, 0.15) is 24.0 Å². The summed E-state index contributed by atoms with van der Waals surface area (Å²) in [4.78, 5) is 12.4. The second kappa shape index (κ2) is 10.1. The molecular formula is C23H16ClIN2O2. The highest BCUT2D eigenvalue weighted by Crippen LogP contribution is 2.21. The van der Waals surface area contributed by atoms with E-state index < -0.39 is 5.91 Å². The fourth-order valence-corrected chi connectivity index (χ4v) is 3.22. The Morgan fingerprint density at radius 3 is 2.45 bits per heavy atom. The van der Waals surface area contributed by atoms with E-state index >= 15 is 0 Å². The maximum Gasteiger partial charge on any atom is 0.266 e. The predicted octanol–water partition coefficient (Wildman–Crippen LogP) is 6.07. The van der Waals surface area contributed by atoms with Crippen molar-refractivity contribution in [2.45, 2.75) is 6.61 Å². The number of hydrogen-bond donors (Lipinski definition) is 1. The normalized spacial score (nSPS) is 10.9. The Balaban J connectivity index is 1.67. The quantitative estimate of drug-likeness (QED) is 0.247. The molecule has 29 heavy (non-hydrogen) atoms. The summed E-state index contributed by atoms with van der Waals surface area (Å²) >= 11 is 8.26. The Morgan fingerprint density at radius 1 is 1.07 bits per heavy atom. The summed E-state index contributed by atoms with van der Waals surface area (Å²) in [5.74, 6) is 0.222. The number of anilines is 1. The number of nitriles is 1. The average Bonchev–Trinajstić information content (AvgIpc) is 2.74. The van der Waals surface area contributed by atoms with Crippen LogP contribution in [0.5, 0.6) is 5.75 Å². The highest BCUT2D eigenvalue weighted by molar-refractivity contribution is 14.1. The Hall–Kier alpha value is -2.82. The monoisotopic (exact) mass is 514 g/mol. The minimum atomic E-state index is -0.448. The van der Waals surface area contributed by atoms with Crippen LogP contribution in [-0.2, 0) is 11.4 Å². The van der Waals surface area contributed by atoms with Crippen molar-refractivity contribution in [3.8, 4) is 11.8 Å². The van der Waals surface area contributed by atoms with Gasteiger partial charge in [0.2, 0.25) is 0 Å². The van der Waals surface area contributed by atoms with Crippen molar-refractivity contribution in [1.29, 1.82) is 5.26 Å². The van der Waals surface area contributed by atoms with Gasteiger partial charge in [-0.15, -0.1) is 0 Å². The van der Waals surface area contributed by atoms with Crippen LogP contribution in [0.2, 0.25) is 5.02 Å². The highest BCUT2D eigenvalue weighted by Gasteiger charge is 2.11. The molecule has 0 atom stereocenters. The number of amides is 1. The molecule has 0 heterocycles. The van der Waals surface area contributed by atoms with Gasteiger partial charge >= 0.3 is 0 Å². The van der Waals surface area contributed by atoms with Gasteiger partial charge in [-0.05, 0) is 64.6 Å². The van der Waals surface area contributed by atoms with Crippen molar-refractivity contribution in [2.75, 3.05) is 5.32 Å². The fraction of sp³-hybridized carbons (Fsp3) is 0.0435. The number of nitrogens with one attached hydrogen (secondary N) is 1. The van der Waals surface area contributed by atoms with Crippen molar-refractivity contribution >= 4 is 51.9 Å². The highest BCUT2D eigenvalue weighted by atomic mass is 127. The van der Waals surface area contributed by atoms with Gasteiger partial charge in [0.15, 0.2) is 0 Å². The number of para-hydroxylation sites is 1. The van der Waals surface area contributed by atoms with E-state index in [2.05, 4.69) is 27.9 Å². The van der Waals surface area contributed by atoms with Crippen molar-refractivity contribution in [3.05, 3.63) is 98.1 Å². The lowest BCUT2D eigenvalue weighted by molar-refractivity contribution is -0.112. The zero-order valence-electron chi connectivity index (χ0n) is 15.2. The summed E-state index contributed by atoms with van der Waals surface area (Å²) in [6, 6.07) is 24.0. The number of hydrogen-bond acceptors (Lipinski definition) is 3. The lowest BCUT2D eigenvalue weighted by Gasteiger charge is -2.08. The number of nitrogens with zero attached hydrogens (tertiary/aromatic N) is 1. The molecule has 3 aromatic rings. The summed E-state index contributed by atoms with van der Waals surface area (Å²) in [5.41, 5.74) is 2.32. The minimum Gasteiger partial charge on any atom is -0.489 e. The molecule has 3 aromatic carbocycles. The van der Waals surface area contributed by atoms with Gasteiger partial charge in [0.25, 0.3) is 5.91 Å². The van der Waals surface area contributed by atoms with Crippen LogP contribution in [0.3, 0.4) is 0 Å². The fourth-order valence-electron chi connectivity index (χ4n) is 2.50. The molecule has 0 aliphatic heterocycles. The van der Waals surface area contributed by atoms with Crippen molar-refractivity contribution < 1.29 is 9.53 Å². The molecule has 3 rings (SSSR count). The molecular weight excluding hydrogens is 499 g/mol. The van der Waals surface area contributed by atoms with E-state index in [-0.39, 0.29) is 5.57 Å². The Bertz CT molecular complexity index is 1090. The van der Waals surface area contributed by atoms with Crippen molar-refractivity contribution in [1.82, 2.24) is 0 Å². The van der Waals surface area contributed by atoms with Gasteiger partial charge in [-0.25, -0.2) is 0 Å². The van der Waals surface area contributed by atoms with Crippen molar-refractivity contribution in [3.63, 3.8) is 0 Å². The molecule has 0 saturated carbocycles. The first kappa shape index (κ1) is 20.9. The van der Waals surface area contributed by atoms with E-state index in [9.17, 15) is 10.1 Å². The number of carbonyl (C=O) groups is 1. The SMILES string of the molecule is N#CC(=Cc1ccc(OCc2ccccc2Cl)cc1)C(=O)Nc1ccccc1I. The first-order chi connectivity index (χ1) is 14.1. The standard InChI is InChI=1S/C23H16ClIN2O2/c24-20-6-2-1-5-17(20)15-29-19-11-9-16(10-12-19)13-18(14-26)23(28)27-22-8-4-3-7-21(22)25/h1-13H,15H2,(H,27,28). The summed E-state index contributed by atoms with van der Waals surface area (Å²) in [6.07, 6.45) is 1.54. The third kappa shape index (κ3) is 5.83. The smallest absolute Gasteiger partial charge is 0.266 e. The van der Waals surface area contributed by atoms with Crippen LogP contribution in [0.15, 0.2) is 78.4 Å². The minimum absolute atomic E-state index is 0.0226. The molecule has 144 valence electrons. The molecule has 0 aliphatic rings. The van der Waals surface area contributed by atoms with Gasteiger partial charge in [-0.2, -0.15) is 5.26 Å². The van der Waals surface area contributed by atoms with Crippen LogP contribution >= 0.6 is 34.2 Å². The molecule has 0 fully saturated rings. The Morgan fingerprint density at radius 2 is 1.76 bits per heavy atom. The number of benzene rings is 3. The Kier molecular flexibility index (Phi) is 7.28. The van der Waals surface area contributed by atoms with Gasteiger partial charge < -0.3 is 10.1 Å². The third-order valence-corrected chi connectivity index (χ3v) is 5.34. The molecule has 1 amide bonds. The maximum absolute atomic E-state index is 12.4. The zero-order chi connectivity index (χ0) is 20.6. The summed E-state index contributed by atoms with van der Waals surface area (Å²) in [7, 11) is 0. The molecule has 0 spiro atoms. The van der Waals surface area contributed by atoms with Gasteiger partial charge in [-0.3, -0.25) is 4.79 Å². The molecule has 4 nitrogen and oxygen atoms in total. The topological polar surface area (TPSA) is 62.1 Å². The first-order valence-electron chi connectivity index (χ1n) is 8.71. The molecule has 6 heteroatoms. The van der Waals surface area contributed by atoms with Crippen molar-refractivity contribution in [2.24, 2.45) is 0 Å². The van der Waals surface area contributed by atoms with Crippen LogP contribution in [0.25, 0.3) is 6.08 Å². The third-order valence-electron chi connectivity index (χ3n) is 4.03. The second-order valence-corrected chi connectivity index (χ2v) is 7.62. The maximum atomic E-state index is 12.4. The van der Waals surface area contributed by atoms with Gasteiger partial charge in [0, 0.05) is 14.2 Å². The molecule has 0 unspecified atom stereocenters. The number of carbonyl (C=O) groups excluding carboxylic acids is 1.